The Morgan fingerprint density at radius 2 is 1.95 bits per heavy atom. The van der Waals surface area contributed by atoms with Gasteiger partial charge in [0, 0.05) is 13.2 Å². The van der Waals surface area contributed by atoms with E-state index < -0.39 is 11.2 Å². The normalized spacial score (nSPS) is 11.1. The van der Waals surface area contributed by atoms with Crippen molar-refractivity contribution in [2.24, 2.45) is 7.05 Å². The van der Waals surface area contributed by atoms with Gasteiger partial charge in [-0.1, -0.05) is 0 Å². The van der Waals surface area contributed by atoms with E-state index >= 15 is 0 Å². The molecule has 3 heterocycles. The lowest BCUT2D eigenvalue weighted by atomic mass is 10.2. The number of nitrogens with zero attached hydrogens (tertiary/aromatic N) is 2. The fourth-order valence-electron chi connectivity index (χ4n) is 1.95. The predicted octanol–water partition coefficient (Wildman–Crippen LogP) is 0.347. The van der Waals surface area contributed by atoms with Crippen molar-refractivity contribution >= 4 is 21.6 Å². The molecule has 8 heteroatoms. The first-order chi connectivity index (χ1) is 9.47. The van der Waals surface area contributed by atoms with Crippen LogP contribution in [-0.4, -0.2) is 19.5 Å². The smallest absolute Gasteiger partial charge is 0.306 e. The summed E-state index contributed by atoms with van der Waals surface area (Å²) in [6.07, 6.45) is 1.35. The molecule has 3 aromatic heterocycles. The average Bonchev–Trinajstić information content (AvgIpc) is 2.76. The summed E-state index contributed by atoms with van der Waals surface area (Å²) >= 11 is 1.34. The van der Waals surface area contributed by atoms with E-state index in [4.69, 9.17) is 0 Å². The summed E-state index contributed by atoms with van der Waals surface area (Å²) in [5.74, 6) is 0.154. The molecular formula is C12H10N4O3S. The third-order valence-corrected chi connectivity index (χ3v) is 3.98. The highest BCUT2D eigenvalue weighted by Crippen LogP contribution is 2.21. The van der Waals surface area contributed by atoms with Gasteiger partial charge in [0.2, 0.25) is 0 Å². The van der Waals surface area contributed by atoms with Gasteiger partial charge in [0.05, 0.1) is 10.9 Å². The fraction of sp³-hybridized carbons (Fsp3) is 0.167. The number of aryl methyl sites for hydroxylation is 2. The molecule has 0 amide bonds. The van der Waals surface area contributed by atoms with Gasteiger partial charge in [0.15, 0.2) is 0 Å². The maximum atomic E-state index is 12.0. The third kappa shape index (κ3) is 1.81. The average molecular weight is 290 g/mol. The van der Waals surface area contributed by atoms with Crippen molar-refractivity contribution in [3.05, 3.63) is 48.3 Å². The first-order valence-electron chi connectivity index (χ1n) is 5.76. The summed E-state index contributed by atoms with van der Waals surface area (Å²) in [6.45, 7) is 1.83. The van der Waals surface area contributed by atoms with Crippen LogP contribution in [0.15, 0.2) is 26.0 Å². The molecule has 0 aliphatic heterocycles. The lowest BCUT2D eigenvalue weighted by Crippen LogP contribution is -2.29. The molecule has 0 unspecified atom stereocenters. The van der Waals surface area contributed by atoms with E-state index in [9.17, 15) is 14.4 Å². The summed E-state index contributed by atoms with van der Waals surface area (Å²) in [5.41, 5.74) is -0.396. The van der Waals surface area contributed by atoms with Crippen molar-refractivity contribution in [1.29, 1.82) is 0 Å². The predicted molar refractivity (Wildman–Crippen MR) is 76.3 cm³/mol. The Morgan fingerprint density at radius 3 is 2.70 bits per heavy atom. The number of H-pyrrole nitrogens is 2. The summed E-state index contributed by atoms with van der Waals surface area (Å²) in [5, 5.41) is 2.36. The van der Waals surface area contributed by atoms with E-state index in [0.29, 0.717) is 10.2 Å². The van der Waals surface area contributed by atoms with Crippen LogP contribution in [0.25, 0.3) is 21.6 Å². The minimum Gasteiger partial charge on any atom is -0.306 e. The van der Waals surface area contributed by atoms with Gasteiger partial charge in [0.1, 0.15) is 10.7 Å². The van der Waals surface area contributed by atoms with Crippen LogP contribution in [0.1, 0.15) is 5.56 Å². The minimum absolute atomic E-state index is 0.150. The van der Waals surface area contributed by atoms with Gasteiger partial charge in [-0.05, 0) is 17.9 Å². The Hall–Kier alpha value is -2.48. The maximum absolute atomic E-state index is 12.0. The molecule has 7 nitrogen and oxygen atoms in total. The van der Waals surface area contributed by atoms with Crippen LogP contribution >= 0.6 is 11.3 Å². The lowest BCUT2D eigenvalue weighted by molar-refractivity contribution is 0.800. The topological polar surface area (TPSA) is 101 Å². The van der Waals surface area contributed by atoms with Gasteiger partial charge in [-0.25, -0.2) is 9.78 Å². The second-order valence-corrected chi connectivity index (χ2v) is 5.28. The highest BCUT2D eigenvalue weighted by Gasteiger charge is 2.13. The summed E-state index contributed by atoms with van der Waals surface area (Å²) in [4.78, 5) is 44.8. The molecule has 0 saturated carbocycles. The van der Waals surface area contributed by atoms with Crippen LogP contribution in [0.5, 0.6) is 0 Å². The zero-order valence-electron chi connectivity index (χ0n) is 10.7. The maximum Gasteiger partial charge on any atom is 0.328 e. The van der Waals surface area contributed by atoms with Crippen LogP contribution < -0.4 is 16.8 Å². The number of aromatic nitrogens is 4. The standard InChI is InChI=1S/C12H10N4O3S/c1-5-4-20-11-7(5)10(18)13-8(14-11)6-3-16(2)12(19)15-9(6)17/h3-4H,1-2H3,(H,13,14,18)(H,15,17,19). The molecule has 3 aromatic rings. The molecule has 0 bridgehead atoms. The summed E-state index contributed by atoms with van der Waals surface area (Å²) in [7, 11) is 1.51. The van der Waals surface area contributed by atoms with Crippen LogP contribution in [-0.2, 0) is 7.05 Å². The largest absolute Gasteiger partial charge is 0.328 e. The Morgan fingerprint density at radius 1 is 1.20 bits per heavy atom. The molecule has 0 radical (unpaired) electrons. The number of thiophene rings is 1. The van der Waals surface area contributed by atoms with Crippen molar-refractivity contribution in [3.8, 4) is 11.4 Å². The van der Waals surface area contributed by atoms with Crippen molar-refractivity contribution < 1.29 is 0 Å². The van der Waals surface area contributed by atoms with E-state index in [1.54, 1.807) is 0 Å². The summed E-state index contributed by atoms with van der Waals surface area (Å²) in [6, 6.07) is 0. The van der Waals surface area contributed by atoms with Crippen LogP contribution in [0.4, 0.5) is 0 Å². The van der Waals surface area contributed by atoms with Crippen molar-refractivity contribution in [1.82, 2.24) is 19.5 Å². The number of nitrogens with one attached hydrogen (secondary N) is 2. The van der Waals surface area contributed by atoms with Gasteiger partial charge in [-0.2, -0.15) is 0 Å². The quantitative estimate of drug-likeness (QED) is 0.675. The molecular weight excluding hydrogens is 280 g/mol. The molecule has 102 valence electrons. The molecule has 20 heavy (non-hydrogen) atoms. The van der Waals surface area contributed by atoms with Gasteiger partial charge >= 0.3 is 5.69 Å². The molecule has 2 N–H and O–H groups in total. The van der Waals surface area contributed by atoms with Crippen molar-refractivity contribution in [2.75, 3.05) is 0 Å². The number of rotatable bonds is 1. The van der Waals surface area contributed by atoms with Gasteiger partial charge < -0.3 is 9.55 Å². The molecule has 0 saturated heterocycles. The first-order valence-corrected chi connectivity index (χ1v) is 6.64. The number of hydrogen-bond donors (Lipinski definition) is 2. The third-order valence-electron chi connectivity index (χ3n) is 2.99. The second-order valence-electron chi connectivity index (χ2n) is 4.43. The monoisotopic (exact) mass is 290 g/mol. The fourth-order valence-corrected chi connectivity index (χ4v) is 2.87. The molecule has 0 spiro atoms. The van der Waals surface area contributed by atoms with Crippen molar-refractivity contribution in [2.45, 2.75) is 6.92 Å². The Labute approximate surface area is 115 Å². The lowest BCUT2D eigenvalue weighted by Gasteiger charge is -2.02. The van der Waals surface area contributed by atoms with Crippen molar-refractivity contribution in [3.63, 3.8) is 0 Å². The molecule has 0 fully saturated rings. The zero-order chi connectivity index (χ0) is 14.4. The van der Waals surface area contributed by atoms with Crippen LogP contribution in [0, 0.1) is 6.92 Å². The van der Waals surface area contributed by atoms with E-state index in [1.165, 1.54) is 29.1 Å². The molecule has 0 aliphatic carbocycles. The number of hydrogen-bond acceptors (Lipinski definition) is 5. The number of aromatic amines is 2. The molecule has 3 rings (SSSR count). The molecule has 0 atom stereocenters. The highest BCUT2D eigenvalue weighted by atomic mass is 32.1. The number of fused-ring (bicyclic) bond motifs is 1. The van der Waals surface area contributed by atoms with Crippen LogP contribution in [0.2, 0.25) is 0 Å². The molecule has 0 aromatic carbocycles. The molecule has 0 aliphatic rings. The highest BCUT2D eigenvalue weighted by molar-refractivity contribution is 7.16. The SMILES string of the molecule is Cc1csc2nc(-c3cn(C)c(=O)[nH]c3=O)[nH]c(=O)c12. The second kappa shape index (κ2) is 4.27. The zero-order valence-corrected chi connectivity index (χ0v) is 11.5. The summed E-state index contributed by atoms with van der Waals surface area (Å²) < 4.78 is 1.22. The van der Waals surface area contributed by atoms with E-state index in [-0.39, 0.29) is 16.9 Å². The van der Waals surface area contributed by atoms with Gasteiger partial charge in [-0.15, -0.1) is 11.3 Å². The van der Waals surface area contributed by atoms with E-state index in [1.807, 2.05) is 12.3 Å². The first kappa shape index (κ1) is 12.5. The minimum atomic E-state index is -0.580. The van der Waals surface area contributed by atoms with E-state index in [0.717, 1.165) is 5.56 Å². The van der Waals surface area contributed by atoms with E-state index in [2.05, 4.69) is 15.0 Å². The Bertz CT molecular complexity index is 992. The Kier molecular flexibility index (Phi) is 2.68. The van der Waals surface area contributed by atoms with Gasteiger partial charge in [-0.3, -0.25) is 14.6 Å². The van der Waals surface area contributed by atoms with Gasteiger partial charge in [0.25, 0.3) is 11.1 Å². The van der Waals surface area contributed by atoms with Crippen LogP contribution in [0.3, 0.4) is 0 Å². The Balaban J connectivity index is 2.36.